The van der Waals surface area contributed by atoms with Crippen LogP contribution in [0.3, 0.4) is 0 Å². The number of carboxylic acids is 2. The Morgan fingerprint density at radius 3 is 2.58 bits per heavy atom. The Morgan fingerprint density at radius 2 is 1.97 bits per heavy atom. The second-order valence-electron chi connectivity index (χ2n) is 7.53. The van der Waals surface area contributed by atoms with E-state index >= 15 is 0 Å². The van der Waals surface area contributed by atoms with Crippen molar-refractivity contribution in [2.45, 2.75) is 32.2 Å². The quantitative estimate of drug-likeness (QED) is 0.436. The number of rotatable bonds is 10. The second kappa shape index (κ2) is 10.7. The van der Waals surface area contributed by atoms with E-state index in [0.29, 0.717) is 48.5 Å². The van der Waals surface area contributed by atoms with E-state index in [2.05, 4.69) is 5.32 Å². The van der Waals surface area contributed by atoms with E-state index in [1.54, 1.807) is 24.3 Å². The largest absolute Gasteiger partial charge is 0.479 e. The number of sulfonamides is 1. The highest BCUT2D eigenvalue weighted by molar-refractivity contribution is 7.92. The van der Waals surface area contributed by atoms with Gasteiger partial charge < -0.3 is 20.3 Å². The van der Waals surface area contributed by atoms with Gasteiger partial charge in [-0.25, -0.2) is 18.0 Å². The van der Waals surface area contributed by atoms with Crippen LogP contribution in [0.1, 0.15) is 35.9 Å². The van der Waals surface area contributed by atoms with Crippen LogP contribution in [0.2, 0.25) is 5.02 Å². The van der Waals surface area contributed by atoms with Crippen molar-refractivity contribution < 1.29 is 33.0 Å². The van der Waals surface area contributed by atoms with E-state index in [1.165, 1.54) is 4.31 Å². The number of thiophene rings is 1. The van der Waals surface area contributed by atoms with Gasteiger partial charge in [0.2, 0.25) is 10.0 Å². The third-order valence-corrected chi connectivity index (χ3v) is 8.82. The lowest BCUT2D eigenvalue weighted by Gasteiger charge is -2.35. The first kappa shape index (κ1) is 25.3. The van der Waals surface area contributed by atoms with Gasteiger partial charge in [0, 0.05) is 6.04 Å². The summed E-state index contributed by atoms with van der Waals surface area (Å²) < 4.78 is 33.0. The molecule has 0 radical (unpaired) electrons. The Bertz CT molecular complexity index is 1130. The Hall–Kier alpha value is -2.34. The summed E-state index contributed by atoms with van der Waals surface area (Å²) in [4.78, 5) is 22.7. The van der Waals surface area contributed by atoms with Gasteiger partial charge in [0.1, 0.15) is 5.02 Å². The molecule has 1 aromatic heterocycles. The van der Waals surface area contributed by atoms with Crippen molar-refractivity contribution in [2.75, 3.05) is 29.8 Å². The molecule has 0 aliphatic carbocycles. The van der Waals surface area contributed by atoms with Gasteiger partial charge in [-0.3, -0.25) is 4.31 Å². The highest BCUT2D eigenvalue weighted by Gasteiger charge is 2.31. The van der Waals surface area contributed by atoms with Crippen molar-refractivity contribution in [3.63, 3.8) is 0 Å². The van der Waals surface area contributed by atoms with Crippen LogP contribution in [0.5, 0.6) is 5.75 Å². The second-order valence-corrected chi connectivity index (χ2v) is 10.9. The van der Waals surface area contributed by atoms with Gasteiger partial charge >= 0.3 is 11.9 Å². The first-order valence-corrected chi connectivity index (χ1v) is 13.2. The molecule has 9 nitrogen and oxygen atoms in total. The number of aliphatic carboxylic acids is 1. The maximum absolute atomic E-state index is 13.2. The minimum atomic E-state index is -3.58. The molecule has 0 amide bonds. The standard InChI is InChI=1S/C21H25ClN2O7S2/c1-2-10-33(29,30)24(14-6-8-23-9-7-14)15-5-3-4-13(11-15)19-17(22)18(31-12-16(25)26)20(32-19)21(27)28/h3-5,11,14,23H,2,6-10,12H2,1H3,(H,25,26)(H,27,28). The summed E-state index contributed by atoms with van der Waals surface area (Å²) in [5.41, 5.74) is 0.989. The van der Waals surface area contributed by atoms with Crippen molar-refractivity contribution in [3.8, 4) is 16.2 Å². The Labute approximate surface area is 201 Å². The minimum absolute atomic E-state index is 0.0112. The highest BCUT2D eigenvalue weighted by Crippen LogP contribution is 2.46. The molecule has 1 aliphatic rings. The van der Waals surface area contributed by atoms with E-state index in [1.807, 2.05) is 6.92 Å². The summed E-state index contributed by atoms with van der Waals surface area (Å²) in [5, 5.41) is 21.6. The number of piperidine rings is 1. The Balaban J connectivity index is 2.07. The van der Waals surface area contributed by atoms with Gasteiger partial charge in [0.25, 0.3) is 0 Å². The number of halogens is 1. The number of carboxylic acid groups (broad SMARTS) is 2. The molecular formula is C21H25ClN2O7S2. The zero-order chi connectivity index (χ0) is 24.2. The van der Waals surface area contributed by atoms with Gasteiger partial charge in [-0.05, 0) is 50.0 Å². The SMILES string of the molecule is CCCS(=O)(=O)N(c1cccc(-c2sc(C(=O)O)c(OCC(=O)O)c2Cl)c1)C1CCNCC1. The first-order valence-electron chi connectivity index (χ1n) is 10.4. The maximum Gasteiger partial charge on any atom is 0.349 e. The van der Waals surface area contributed by atoms with Gasteiger partial charge in [-0.2, -0.15) is 0 Å². The summed E-state index contributed by atoms with van der Waals surface area (Å²) in [6.07, 6.45) is 1.82. The van der Waals surface area contributed by atoms with Crippen molar-refractivity contribution >= 4 is 50.6 Å². The lowest BCUT2D eigenvalue weighted by Crippen LogP contribution is -2.47. The first-order chi connectivity index (χ1) is 15.7. The molecule has 0 spiro atoms. The molecule has 1 fully saturated rings. The predicted molar refractivity (Wildman–Crippen MR) is 127 cm³/mol. The third kappa shape index (κ3) is 5.78. The molecule has 2 aromatic rings. The number of hydrogen-bond acceptors (Lipinski definition) is 7. The maximum atomic E-state index is 13.2. The number of carbonyl (C=O) groups is 2. The molecule has 3 N–H and O–H groups in total. The number of ether oxygens (including phenoxy) is 1. The van der Waals surface area contributed by atoms with Gasteiger partial charge in [-0.15, -0.1) is 11.3 Å². The molecule has 1 aromatic carbocycles. The molecule has 0 saturated carbocycles. The van der Waals surface area contributed by atoms with E-state index in [4.69, 9.17) is 21.4 Å². The van der Waals surface area contributed by atoms with Crippen molar-refractivity contribution in [2.24, 2.45) is 0 Å². The highest BCUT2D eigenvalue weighted by atomic mass is 35.5. The molecule has 0 bridgehead atoms. The number of hydrogen-bond donors (Lipinski definition) is 3. The molecule has 0 atom stereocenters. The zero-order valence-corrected chi connectivity index (χ0v) is 20.3. The fourth-order valence-corrected chi connectivity index (χ4v) is 6.98. The molecule has 2 heterocycles. The van der Waals surface area contributed by atoms with Crippen LogP contribution in [0.25, 0.3) is 10.4 Å². The van der Waals surface area contributed by atoms with E-state index in [-0.39, 0.29) is 27.4 Å². The summed E-state index contributed by atoms with van der Waals surface area (Å²) in [7, 11) is -3.58. The molecular weight excluding hydrogens is 492 g/mol. The van der Waals surface area contributed by atoms with Crippen LogP contribution in [0, 0.1) is 0 Å². The van der Waals surface area contributed by atoms with Crippen molar-refractivity contribution in [1.29, 1.82) is 0 Å². The molecule has 1 saturated heterocycles. The monoisotopic (exact) mass is 516 g/mol. The smallest absolute Gasteiger partial charge is 0.349 e. The lowest BCUT2D eigenvalue weighted by atomic mass is 10.1. The van der Waals surface area contributed by atoms with E-state index in [0.717, 1.165) is 11.3 Å². The number of nitrogens with one attached hydrogen (secondary N) is 1. The van der Waals surface area contributed by atoms with E-state index in [9.17, 15) is 23.1 Å². The fraction of sp³-hybridized carbons (Fsp3) is 0.429. The fourth-order valence-electron chi connectivity index (χ4n) is 3.77. The normalized spacial score (nSPS) is 14.7. The average Bonchev–Trinajstić information content (AvgIpc) is 3.09. The Morgan fingerprint density at radius 1 is 1.27 bits per heavy atom. The van der Waals surface area contributed by atoms with Gasteiger partial charge in [-0.1, -0.05) is 30.7 Å². The number of nitrogens with zero attached hydrogens (tertiary/aromatic N) is 1. The third-order valence-electron chi connectivity index (χ3n) is 5.11. The van der Waals surface area contributed by atoms with Crippen LogP contribution in [0.15, 0.2) is 24.3 Å². The molecule has 3 rings (SSSR count). The number of aromatic carboxylic acids is 1. The van der Waals surface area contributed by atoms with Crippen LogP contribution in [-0.2, 0) is 14.8 Å². The summed E-state index contributed by atoms with van der Waals surface area (Å²) in [6.45, 7) is 2.50. The van der Waals surface area contributed by atoms with Crippen molar-refractivity contribution in [1.82, 2.24) is 5.32 Å². The van der Waals surface area contributed by atoms with Crippen molar-refractivity contribution in [3.05, 3.63) is 34.2 Å². The van der Waals surface area contributed by atoms with Crippen LogP contribution >= 0.6 is 22.9 Å². The summed E-state index contributed by atoms with van der Waals surface area (Å²) >= 11 is 7.25. The average molecular weight is 517 g/mol. The summed E-state index contributed by atoms with van der Waals surface area (Å²) in [6, 6.07) is 6.57. The molecule has 1 aliphatic heterocycles. The van der Waals surface area contributed by atoms with Gasteiger partial charge in [0.05, 0.1) is 16.3 Å². The Kier molecular flexibility index (Phi) is 8.22. The predicted octanol–water partition coefficient (Wildman–Crippen LogP) is 3.53. The van der Waals surface area contributed by atoms with Gasteiger partial charge in [0.15, 0.2) is 17.2 Å². The topological polar surface area (TPSA) is 133 Å². The molecule has 180 valence electrons. The molecule has 0 unspecified atom stereocenters. The molecule has 33 heavy (non-hydrogen) atoms. The number of anilines is 1. The van der Waals surface area contributed by atoms with Crippen LogP contribution in [0.4, 0.5) is 5.69 Å². The lowest BCUT2D eigenvalue weighted by molar-refractivity contribution is -0.139. The zero-order valence-electron chi connectivity index (χ0n) is 17.9. The summed E-state index contributed by atoms with van der Waals surface area (Å²) in [5.74, 6) is -2.77. The van der Waals surface area contributed by atoms with Crippen LogP contribution < -0.4 is 14.4 Å². The van der Waals surface area contributed by atoms with E-state index < -0.39 is 28.6 Å². The molecule has 12 heteroatoms. The minimum Gasteiger partial charge on any atom is -0.479 e. The van der Waals surface area contributed by atoms with Crippen LogP contribution in [-0.4, -0.2) is 62.1 Å². The number of benzene rings is 1.